The number of rotatable bonds is 7. The summed E-state index contributed by atoms with van der Waals surface area (Å²) in [6.45, 7) is 4.12. The van der Waals surface area contributed by atoms with Crippen LogP contribution in [0.3, 0.4) is 0 Å². The topological polar surface area (TPSA) is 90.6 Å². The molecule has 2 aromatic carbocycles. The monoisotopic (exact) mass is 513 g/mol. The minimum absolute atomic E-state index is 0.216. The molecule has 3 heterocycles. The second kappa shape index (κ2) is 10.8. The van der Waals surface area contributed by atoms with Crippen LogP contribution in [0.2, 0.25) is 0 Å². The van der Waals surface area contributed by atoms with Crippen LogP contribution in [0, 0.1) is 0 Å². The van der Waals surface area contributed by atoms with Crippen LogP contribution in [0.15, 0.2) is 72.9 Å². The second-order valence-electron chi connectivity index (χ2n) is 8.92. The Kier molecular flexibility index (Phi) is 7.17. The van der Waals surface area contributed by atoms with Gasteiger partial charge in [-0.05, 0) is 55.3 Å². The van der Waals surface area contributed by atoms with E-state index in [1.807, 2.05) is 77.6 Å². The molecule has 0 saturated carbocycles. The van der Waals surface area contributed by atoms with E-state index in [9.17, 15) is 9.59 Å². The van der Waals surface area contributed by atoms with Crippen LogP contribution >= 0.6 is 0 Å². The first-order valence-electron chi connectivity index (χ1n) is 12.7. The van der Waals surface area contributed by atoms with E-state index < -0.39 is 12.0 Å². The molecule has 1 atom stereocenters. The first kappa shape index (κ1) is 25.1. The first-order valence-corrected chi connectivity index (χ1v) is 12.7. The van der Waals surface area contributed by atoms with Gasteiger partial charge < -0.3 is 24.3 Å². The molecule has 2 amide bonds. The number of carbonyl (C=O) groups is 2. The average Bonchev–Trinajstić information content (AvgIpc) is 3.53. The molecule has 0 saturated heterocycles. The molecule has 0 radical (unpaired) electrons. The van der Waals surface area contributed by atoms with Crippen LogP contribution < -0.4 is 10.1 Å². The number of nitrogens with zero attached hydrogens (tertiary/aromatic N) is 4. The number of methoxy groups -OCH3 is 1. The zero-order valence-electron chi connectivity index (χ0n) is 21.8. The smallest absolute Gasteiger partial charge is 0.325 e. The molecule has 5 rings (SSSR count). The highest BCUT2D eigenvalue weighted by Gasteiger charge is 2.36. The summed E-state index contributed by atoms with van der Waals surface area (Å²) < 4.78 is 14.6. The van der Waals surface area contributed by atoms with Crippen LogP contribution in [0.4, 0.5) is 4.79 Å². The predicted octanol–water partition coefficient (Wildman–Crippen LogP) is 4.41. The highest BCUT2D eigenvalue weighted by Crippen LogP contribution is 2.39. The quantitative estimate of drug-likeness (QED) is 0.370. The lowest BCUT2D eigenvalue weighted by atomic mass is 10.0. The Balaban J connectivity index is 1.68. The zero-order valence-corrected chi connectivity index (χ0v) is 21.8. The highest BCUT2D eigenvalue weighted by molar-refractivity contribution is 5.81. The van der Waals surface area contributed by atoms with Crippen molar-refractivity contribution in [2.45, 2.75) is 32.9 Å². The van der Waals surface area contributed by atoms with Crippen LogP contribution in [0.25, 0.3) is 11.5 Å². The Labute approximate surface area is 221 Å². The van der Waals surface area contributed by atoms with Crippen molar-refractivity contribution in [2.24, 2.45) is 0 Å². The summed E-state index contributed by atoms with van der Waals surface area (Å²) in [6.07, 6.45) is 2.70. The Morgan fingerprint density at radius 1 is 1.05 bits per heavy atom. The van der Waals surface area contributed by atoms with Gasteiger partial charge in [-0.3, -0.25) is 4.79 Å². The van der Waals surface area contributed by atoms with Crippen LogP contribution in [-0.2, 0) is 22.5 Å². The molecule has 0 spiro atoms. The van der Waals surface area contributed by atoms with E-state index in [0.717, 1.165) is 34.0 Å². The number of amides is 2. The Hall–Kier alpha value is -4.53. The SMILES string of the molecule is CCOC(=O)CNC(=O)N1Cc2c(CC)nn(-c3ccccc3)c2-n2cccc2C1c1cccc(OC)c1. The number of benzene rings is 2. The average molecular weight is 514 g/mol. The summed E-state index contributed by atoms with van der Waals surface area (Å²) in [6, 6.07) is 20.8. The molecule has 4 aromatic rings. The number of para-hydroxylation sites is 1. The molecule has 1 aliphatic rings. The van der Waals surface area contributed by atoms with Gasteiger partial charge in [0.05, 0.1) is 43.4 Å². The molecular weight excluding hydrogens is 482 g/mol. The molecule has 1 unspecified atom stereocenters. The molecular formula is C29H31N5O4. The Morgan fingerprint density at radius 3 is 2.61 bits per heavy atom. The lowest BCUT2D eigenvalue weighted by Gasteiger charge is -2.31. The number of fused-ring (bicyclic) bond motifs is 3. The summed E-state index contributed by atoms with van der Waals surface area (Å²) in [5.41, 5.74) is 4.56. The number of carbonyl (C=O) groups excluding carboxylic acids is 2. The fourth-order valence-corrected chi connectivity index (χ4v) is 4.97. The van der Waals surface area contributed by atoms with Gasteiger partial charge in [0.15, 0.2) is 0 Å². The van der Waals surface area contributed by atoms with E-state index >= 15 is 0 Å². The maximum Gasteiger partial charge on any atom is 0.325 e. The van der Waals surface area contributed by atoms with Gasteiger partial charge in [-0.25, -0.2) is 9.48 Å². The van der Waals surface area contributed by atoms with Crippen molar-refractivity contribution >= 4 is 12.0 Å². The fourth-order valence-electron chi connectivity index (χ4n) is 4.97. The molecule has 1 N–H and O–H groups in total. The maximum atomic E-state index is 13.8. The largest absolute Gasteiger partial charge is 0.497 e. The van der Waals surface area contributed by atoms with E-state index in [2.05, 4.69) is 16.8 Å². The van der Waals surface area contributed by atoms with Crippen molar-refractivity contribution in [3.63, 3.8) is 0 Å². The summed E-state index contributed by atoms with van der Waals surface area (Å²) >= 11 is 0. The third-order valence-electron chi connectivity index (χ3n) is 6.66. The van der Waals surface area contributed by atoms with Crippen molar-refractivity contribution in [3.05, 3.63) is 95.4 Å². The third-order valence-corrected chi connectivity index (χ3v) is 6.66. The summed E-state index contributed by atoms with van der Waals surface area (Å²) in [7, 11) is 1.62. The number of hydrogen-bond acceptors (Lipinski definition) is 5. The molecule has 0 bridgehead atoms. The maximum absolute atomic E-state index is 13.8. The number of hydrogen-bond donors (Lipinski definition) is 1. The van der Waals surface area contributed by atoms with Crippen molar-refractivity contribution in [3.8, 4) is 17.3 Å². The van der Waals surface area contributed by atoms with E-state index in [0.29, 0.717) is 18.7 Å². The molecule has 0 aliphatic carbocycles. The zero-order chi connectivity index (χ0) is 26.6. The number of nitrogens with one attached hydrogen (secondary N) is 1. The minimum Gasteiger partial charge on any atom is -0.497 e. The number of urea groups is 1. The molecule has 2 aromatic heterocycles. The molecule has 38 heavy (non-hydrogen) atoms. The van der Waals surface area contributed by atoms with E-state index in [1.165, 1.54) is 0 Å². The third kappa shape index (κ3) is 4.63. The van der Waals surface area contributed by atoms with E-state index in [-0.39, 0.29) is 19.2 Å². The lowest BCUT2D eigenvalue weighted by molar-refractivity contribution is -0.141. The summed E-state index contributed by atoms with van der Waals surface area (Å²) in [5, 5.41) is 7.73. The number of ether oxygens (including phenoxy) is 2. The standard InChI is InChI=1S/C29H31N5O4/c1-4-24-23-19-33(29(36)30-18-26(35)38-5-2)27(20-11-9-14-22(17-20)37-3)25-15-10-16-32(25)28(23)34(31-24)21-12-7-6-8-13-21/h6-17,27H,4-5,18-19H2,1-3H3,(H,30,36). The van der Waals surface area contributed by atoms with Crippen molar-refractivity contribution in [2.75, 3.05) is 20.3 Å². The second-order valence-corrected chi connectivity index (χ2v) is 8.92. The number of aryl methyl sites for hydroxylation is 1. The first-order chi connectivity index (χ1) is 18.5. The summed E-state index contributed by atoms with van der Waals surface area (Å²) in [4.78, 5) is 27.6. The normalized spacial score (nSPS) is 14.3. The van der Waals surface area contributed by atoms with Gasteiger partial charge in [-0.2, -0.15) is 5.10 Å². The van der Waals surface area contributed by atoms with Gasteiger partial charge in [0.1, 0.15) is 18.1 Å². The predicted molar refractivity (Wildman–Crippen MR) is 143 cm³/mol. The van der Waals surface area contributed by atoms with E-state index in [4.69, 9.17) is 14.6 Å². The van der Waals surface area contributed by atoms with Gasteiger partial charge in [0, 0.05) is 11.8 Å². The van der Waals surface area contributed by atoms with Crippen LogP contribution in [0.5, 0.6) is 5.75 Å². The van der Waals surface area contributed by atoms with Gasteiger partial charge in [0.2, 0.25) is 0 Å². The number of aromatic nitrogens is 3. The molecule has 0 fully saturated rings. The van der Waals surface area contributed by atoms with Crippen LogP contribution in [-0.4, -0.2) is 51.5 Å². The molecule has 196 valence electrons. The molecule has 9 nitrogen and oxygen atoms in total. The van der Waals surface area contributed by atoms with Crippen molar-refractivity contribution < 1.29 is 19.1 Å². The van der Waals surface area contributed by atoms with Gasteiger partial charge in [-0.1, -0.05) is 37.3 Å². The van der Waals surface area contributed by atoms with Crippen molar-refractivity contribution in [1.29, 1.82) is 0 Å². The summed E-state index contributed by atoms with van der Waals surface area (Å²) in [5.74, 6) is 1.10. The lowest BCUT2D eigenvalue weighted by Crippen LogP contribution is -2.44. The van der Waals surface area contributed by atoms with Crippen molar-refractivity contribution in [1.82, 2.24) is 24.6 Å². The Morgan fingerprint density at radius 2 is 1.87 bits per heavy atom. The van der Waals surface area contributed by atoms with Gasteiger partial charge >= 0.3 is 12.0 Å². The van der Waals surface area contributed by atoms with Gasteiger partial charge in [0.25, 0.3) is 0 Å². The van der Waals surface area contributed by atoms with Gasteiger partial charge in [-0.15, -0.1) is 0 Å². The van der Waals surface area contributed by atoms with E-state index in [1.54, 1.807) is 18.9 Å². The molecule has 1 aliphatic heterocycles. The fraction of sp³-hybridized carbons (Fsp3) is 0.276. The highest BCUT2D eigenvalue weighted by atomic mass is 16.5. The Bertz CT molecular complexity index is 1440. The minimum atomic E-state index is -0.483. The van der Waals surface area contributed by atoms with Crippen LogP contribution in [0.1, 0.15) is 42.4 Å². The number of esters is 1. The molecule has 9 heteroatoms.